The first-order valence-corrected chi connectivity index (χ1v) is 6.83. The SMILES string of the molecule is NC(Cc1cccs1)c1cc(Br)cs1. The summed E-state index contributed by atoms with van der Waals surface area (Å²) >= 11 is 6.91. The summed E-state index contributed by atoms with van der Waals surface area (Å²) in [6.45, 7) is 0. The molecule has 0 radical (unpaired) electrons. The van der Waals surface area contributed by atoms with Gasteiger partial charge in [-0.2, -0.15) is 0 Å². The van der Waals surface area contributed by atoms with E-state index in [2.05, 4.69) is 44.9 Å². The maximum atomic E-state index is 6.10. The topological polar surface area (TPSA) is 26.0 Å². The van der Waals surface area contributed by atoms with Gasteiger partial charge in [0.2, 0.25) is 0 Å². The highest BCUT2D eigenvalue weighted by Crippen LogP contribution is 2.27. The van der Waals surface area contributed by atoms with Crippen molar-refractivity contribution in [1.82, 2.24) is 0 Å². The predicted molar refractivity (Wildman–Crippen MR) is 67.0 cm³/mol. The van der Waals surface area contributed by atoms with Gasteiger partial charge in [-0.1, -0.05) is 6.07 Å². The molecule has 2 aromatic heterocycles. The fourth-order valence-corrected chi connectivity index (χ4v) is 3.48. The number of nitrogens with two attached hydrogens (primary N) is 1. The predicted octanol–water partition coefficient (Wildman–Crippen LogP) is 3.81. The fourth-order valence-electron chi connectivity index (χ4n) is 1.27. The summed E-state index contributed by atoms with van der Waals surface area (Å²) in [5, 5.41) is 4.16. The lowest BCUT2D eigenvalue weighted by Gasteiger charge is -2.06. The van der Waals surface area contributed by atoms with Crippen molar-refractivity contribution in [3.05, 3.63) is 43.2 Å². The van der Waals surface area contributed by atoms with E-state index in [1.807, 2.05) is 0 Å². The molecule has 0 aliphatic heterocycles. The Balaban J connectivity index is 2.06. The number of halogens is 1. The lowest BCUT2D eigenvalue weighted by atomic mass is 10.1. The highest BCUT2D eigenvalue weighted by Gasteiger charge is 2.09. The second kappa shape index (κ2) is 4.57. The Morgan fingerprint density at radius 1 is 1.43 bits per heavy atom. The van der Waals surface area contributed by atoms with Gasteiger partial charge < -0.3 is 5.73 Å². The van der Waals surface area contributed by atoms with Crippen LogP contribution in [0.4, 0.5) is 0 Å². The quantitative estimate of drug-likeness (QED) is 0.913. The normalized spacial score (nSPS) is 13.0. The van der Waals surface area contributed by atoms with Gasteiger partial charge in [0.25, 0.3) is 0 Å². The zero-order chi connectivity index (χ0) is 9.97. The monoisotopic (exact) mass is 287 g/mol. The van der Waals surface area contributed by atoms with E-state index in [-0.39, 0.29) is 6.04 Å². The molecule has 0 saturated carbocycles. The van der Waals surface area contributed by atoms with Crippen LogP contribution in [0.1, 0.15) is 15.8 Å². The Morgan fingerprint density at radius 3 is 2.86 bits per heavy atom. The van der Waals surface area contributed by atoms with Gasteiger partial charge in [0.05, 0.1) is 0 Å². The maximum absolute atomic E-state index is 6.10. The molecular weight excluding hydrogens is 278 g/mol. The molecular formula is C10H10BrNS2. The number of rotatable bonds is 3. The Labute approximate surface area is 99.7 Å². The van der Waals surface area contributed by atoms with E-state index in [9.17, 15) is 0 Å². The van der Waals surface area contributed by atoms with Crippen molar-refractivity contribution < 1.29 is 0 Å². The van der Waals surface area contributed by atoms with Crippen LogP contribution in [0, 0.1) is 0 Å². The molecule has 2 N–H and O–H groups in total. The summed E-state index contributed by atoms with van der Waals surface area (Å²) in [4.78, 5) is 2.59. The van der Waals surface area contributed by atoms with Gasteiger partial charge in [0.15, 0.2) is 0 Å². The molecule has 74 valence electrons. The van der Waals surface area contributed by atoms with E-state index in [0.29, 0.717) is 0 Å². The molecule has 0 aliphatic carbocycles. The number of hydrogen-bond donors (Lipinski definition) is 1. The molecule has 0 fully saturated rings. The van der Waals surface area contributed by atoms with Crippen molar-refractivity contribution in [2.75, 3.05) is 0 Å². The first-order chi connectivity index (χ1) is 6.75. The van der Waals surface area contributed by atoms with Gasteiger partial charge in [0.1, 0.15) is 0 Å². The molecule has 0 aliphatic rings. The Hall–Kier alpha value is -0.160. The van der Waals surface area contributed by atoms with Crippen molar-refractivity contribution in [2.24, 2.45) is 5.73 Å². The molecule has 14 heavy (non-hydrogen) atoms. The number of thiophene rings is 2. The zero-order valence-corrected chi connectivity index (χ0v) is 10.7. The summed E-state index contributed by atoms with van der Waals surface area (Å²) < 4.78 is 1.12. The third-order valence-electron chi connectivity index (χ3n) is 1.95. The molecule has 0 aromatic carbocycles. The Morgan fingerprint density at radius 2 is 2.29 bits per heavy atom. The van der Waals surface area contributed by atoms with Crippen molar-refractivity contribution in [3.8, 4) is 0 Å². The highest BCUT2D eigenvalue weighted by atomic mass is 79.9. The summed E-state index contributed by atoms with van der Waals surface area (Å²) in [7, 11) is 0. The molecule has 0 amide bonds. The van der Waals surface area contributed by atoms with Crippen LogP contribution in [0.15, 0.2) is 33.4 Å². The molecule has 1 atom stereocenters. The molecule has 0 spiro atoms. The van der Waals surface area contributed by atoms with Crippen LogP contribution in [0.3, 0.4) is 0 Å². The smallest absolute Gasteiger partial charge is 0.0438 e. The van der Waals surface area contributed by atoms with E-state index in [1.54, 1.807) is 22.7 Å². The second-order valence-electron chi connectivity index (χ2n) is 3.06. The first kappa shape index (κ1) is 10.4. The summed E-state index contributed by atoms with van der Waals surface area (Å²) in [5.74, 6) is 0. The molecule has 1 unspecified atom stereocenters. The summed E-state index contributed by atoms with van der Waals surface area (Å²) in [6, 6.07) is 6.43. The van der Waals surface area contributed by atoms with Crippen molar-refractivity contribution >= 4 is 38.6 Å². The average Bonchev–Trinajstić information content (AvgIpc) is 2.75. The van der Waals surface area contributed by atoms with Crippen LogP contribution < -0.4 is 5.73 Å². The van der Waals surface area contributed by atoms with Gasteiger partial charge in [-0.05, 0) is 33.4 Å². The minimum Gasteiger partial charge on any atom is -0.323 e. The second-order valence-corrected chi connectivity index (χ2v) is 5.95. The van der Waals surface area contributed by atoms with Crippen molar-refractivity contribution in [2.45, 2.75) is 12.5 Å². The molecule has 2 heterocycles. The van der Waals surface area contributed by atoms with Gasteiger partial charge in [-0.15, -0.1) is 22.7 Å². The Kier molecular flexibility index (Phi) is 3.38. The summed E-state index contributed by atoms with van der Waals surface area (Å²) in [5.41, 5.74) is 6.10. The van der Waals surface area contributed by atoms with E-state index < -0.39 is 0 Å². The third-order valence-corrected chi connectivity index (χ3v) is 4.68. The fraction of sp³-hybridized carbons (Fsp3) is 0.200. The van der Waals surface area contributed by atoms with E-state index in [1.165, 1.54) is 9.75 Å². The Bertz CT molecular complexity index is 394. The van der Waals surface area contributed by atoms with Gasteiger partial charge in [-0.3, -0.25) is 0 Å². The zero-order valence-electron chi connectivity index (χ0n) is 7.44. The number of hydrogen-bond acceptors (Lipinski definition) is 3. The van der Waals surface area contributed by atoms with E-state index >= 15 is 0 Å². The largest absolute Gasteiger partial charge is 0.323 e. The lowest BCUT2D eigenvalue weighted by molar-refractivity contribution is 0.745. The van der Waals surface area contributed by atoms with Gasteiger partial charge in [0, 0.05) is 32.1 Å². The van der Waals surface area contributed by atoms with Crippen molar-refractivity contribution in [3.63, 3.8) is 0 Å². The van der Waals surface area contributed by atoms with Crippen LogP contribution in [0.25, 0.3) is 0 Å². The molecule has 1 nitrogen and oxygen atoms in total. The average molecular weight is 288 g/mol. The third kappa shape index (κ3) is 2.45. The summed E-state index contributed by atoms with van der Waals surface area (Å²) in [6.07, 6.45) is 0.935. The van der Waals surface area contributed by atoms with Crippen LogP contribution in [0.2, 0.25) is 0 Å². The standard InChI is InChI=1S/C10H10BrNS2/c11-7-4-10(14-6-7)9(12)5-8-2-1-3-13-8/h1-4,6,9H,5,12H2. The van der Waals surface area contributed by atoms with Gasteiger partial charge >= 0.3 is 0 Å². The maximum Gasteiger partial charge on any atom is 0.0438 e. The molecule has 2 aromatic rings. The highest BCUT2D eigenvalue weighted by molar-refractivity contribution is 9.10. The minimum absolute atomic E-state index is 0.130. The van der Waals surface area contributed by atoms with Crippen LogP contribution in [-0.4, -0.2) is 0 Å². The molecule has 4 heteroatoms. The van der Waals surface area contributed by atoms with Crippen LogP contribution >= 0.6 is 38.6 Å². The van der Waals surface area contributed by atoms with E-state index in [4.69, 9.17) is 5.73 Å². The van der Waals surface area contributed by atoms with Crippen LogP contribution in [-0.2, 0) is 6.42 Å². The molecule has 2 rings (SSSR count). The minimum atomic E-state index is 0.130. The lowest BCUT2D eigenvalue weighted by Crippen LogP contribution is -2.10. The van der Waals surface area contributed by atoms with Crippen molar-refractivity contribution in [1.29, 1.82) is 0 Å². The first-order valence-electron chi connectivity index (χ1n) is 4.27. The van der Waals surface area contributed by atoms with Crippen LogP contribution in [0.5, 0.6) is 0 Å². The van der Waals surface area contributed by atoms with Gasteiger partial charge in [-0.25, -0.2) is 0 Å². The molecule has 0 saturated heterocycles. The van der Waals surface area contributed by atoms with E-state index in [0.717, 1.165) is 10.9 Å². The molecule has 0 bridgehead atoms.